The highest BCUT2D eigenvalue weighted by atomic mass is 19.4. The third kappa shape index (κ3) is 6.61. The van der Waals surface area contributed by atoms with E-state index in [-0.39, 0.29) is 23.3 Å². The number of carbonyl (C=O) groups is 1. The van der Waals surface area contributed by atoms with Gasteiger partial charge in [-0.15, -0.1) is 0 Å². The van der Waals surface area contributed by atoms with Gasteiger partial charge in [0, 0.05) is 49.5 Å². The SMILES string of the molecule is CC1CN(c2cc(F)c(-c3cccc(CN(C)C4COC4)c3)cc2NC(=O)c2c[nH]c(=O)cc2C(F)(F)F)CC(C)N1C. The third-order valence-corrected chi connectivity index (χ3v) is 8.42. The molecule has 0 aliphatic carbocycles. The molecule has 2 aliphatic heterocycles. The summed E-state index contributed by atoms with van der Waals surface area (Å²) < 4.78 is 62.4. The first-order chi connectivity index (χ1) is 20.3. The average molecular weight is 602 g/mol. The predicted octanol–water partition coefficient (Wildman–Crippen LogP) is 4.81. The number of alkyl halides is 3. The van der Waals surface area contributed by atoms with Crippen molar-refractivity contribution < 1.29 is 27.1 Å². The molecule has 0 spiro atoms. The number of hydrogen-bond acceptors (Lipinski definition) is 6. The molecule has 2 N–H and O–H groups in total. The first-order valence-corrected chi connectivity index (χ1v) is 14.1. The van der Waals surface area contributed by atoms with Gasteiger partial charge in [-0.3, -0.25) is 19.4 Å². The van der Waals surface area contributed by atoms with E-state index < -0.39 is 34.6 Å². The Morgan fingerprint density at radius 1 is 1.12 bits per heavy atom. The van der Waals surface area contributed by atoms with Crippen LogP contribution in [0.5, 0.6) is 0 Å². The molecule has 8 nitrogen and oxygen atoms in total. The third-order valence-electron chi connectivity index (χ3n) is 8.42. The van der Waals surface area contributed by atoms with Gasteiger partial charge in [-0.2, -0.15) is 13.2 Å². The monoisotopic (exact) mass is 601 g/mol. The van der Waals surface area contributed by atoms with E-state index in [4.69, 9.17) is 4.74 Å². The number of anilines is 2. The highest BCUT2D eigenvalue weighted by molar-refractivity contribution is 6.07. The van der Waals surface area contributed by atoms with E-state index in [1.54, 1.807) is 6.07 Å². The molecule has 2 unspecified atom stereocenters. The second kappa shape index (κ2) is 12.1. The van der Waals surface area contributed by atoms with Crippen molar-refractivity contribution >= 4 is 17.3 Å². The Kier molecular flexibility index (Phi) is 8.64. The van der Waals surface area contributed by atoms with Gasteiger partial charge >= 0.3 is 6.18 Å². The normalized spacial score (nSPS) is 19.9. The molecule has 2 aliphatic rings. The molecular weight excluding hydrogens is 566 g/mol. The van der Waals surface area contributed by atoms with Gasteiger partial charge in [0.15, 0.2) is 0 Å². The standard InChI is InChI=1S/C31H35F4N5O3/c1-18-13-40(14-19(2)39(18)4)28-11-26(32)23(21-7-5-6-20(8-21)15-38(3)22-16-43-17-22)9-27(28)37-30(42)24-12-36-29(41)10-25(24)31(33,34)35/h5-12,18-19,22H,13-17H2,1-4H3,(H,36,41)(H,37,42). The lowest BCUT2D eigenvalue weighted by molar-refractivity contribution is -0.138. The molecule has 5 rings (SSSR count). The van der Waals surface area contributed by atoms with Crippen LogP contribution in [0.2, 0.25) is 0 Å². The average Bonchev–Trinajstić information content (AvgIpc) is 2.90. The molecule has 1 aromatic heterocycles. The van der Waals surface area contributed by atoms with Crippen molar-refractivity contribution in [3.05, 3.63) is 81.5 Å². The van der Waals surface area contributed by atoms with Crippen LogP contribution in [-0.4, -0.2) is 79.2 Å². The number of carbonyl (C=O) groups excluding carboxylic acids is 1. The second-order valence-electron chi connectivity index (χ2n) is 11.5. The molecule has 2 saturated heterocycles. The molecule has 2 atom stereocenters. The number of likely N-dealkylation sites (N-methyl/N-ethyl adjacent to an activating group) is 2. The molecule has 0 bridgehead atoms. The van der Waals surface area contributed by atoms with E-state index in [0.717, 1.165) is 11.8 Å². The maximum atomic E-state index is 15.9. The number of rotatable bonds is 7. The minimum absolute atomic E-state index is 0.0980. The van der Waals surface area contributed by atoms with Crippen molar-refractivity contribution in [3.63, 3.8) is 0 Å². The molecule has 3 aromatic rings. The van der Waals surface area contributed by atoms with Crippen LogP contribution >= 0.6 is 0 Å². The minimum Gasteiger partial charge on any atom is -0.378 e. The van der Waals surface area contributed by atoms with Crippen LogP contribution in [0.4, 0.5) is 28.9 Å². The van der Waals surface area contributed by atoms with E-state index in [1.807, 2.05) is 51.0 Å². The summed E-state index contributed by atoms with van der Waals surface area (Å²) in [5.41, 5.74) is -0.838. The number of pyridine rings is 1. The number of piperazine rings is 1. The Bertz CT molecular complexity index is 1540. The summed E-state index contributed by atoms with van der Waals surface area (Å²) in [6.45, 7) is 7.02. The summed E-state index contributed by atoms with van der Waals surface area (Å²) in [5.74, 6) is -1.60. The van der Waals surface area contributed by atoms with E-state index in [1.165, 1.54) is 12.1 Å². The minimum atomic E-state index is -4.93. The van der Waals surface area contributed by atoms with Crippen molar-refractivity contribution in [1.82, 2.24) is 14.8 Å². The van der Waals surface area contributed by atoms with Crippen molar-refractivity contribution in [1.29, 1.82) is 0 Å². The lowest BCUT2D eigenvalue weighted by Gasteiger charge is -2.44. The summed E-state index contributed by atoms with van der Waals surface area (Å²) in [6.07, 6.45) is -4.18. The molecule has 0 radical (unpaired) electrons. The van der Waals surface area contributed by atoms with E-state index in [9.17, 15) is 22.8 Å². The smallest absolute Gasteiger partial charge is 0.378 e. The number of halogens is 4. The largest absolute Gasteiger partial charge is 0.417 e. The number of benzene rings is 2. The Balaban J connectivity index is 1.55. The van der Waals surface area contributed by atoms with Crippen molar-refractivity contribution in [2.45, 2.75) is 44.7 Å². The molecule has 230 valence electrons. The molecule has 2 fully saturated rings. The predicted molar refractivity (Wildman–Crippen MR) is 157 cm³/mol. The number of amides is 1. The van der Waals surface area contributed by atoms with Crippen LogP contribution in [0.25, 0.3) is 11.1 Å². The molecular formula is C31H35F4N5O3. The zero-order chi connectivity index (χ0) is 31.1. The number of H-pyrrole nitrogens is 1. The summed E-state index contributed by atoms with van der Waals surface area (Å²) in [6, 6.07) is 11.0. The molecule has 1 amide bonds. The number of ether oxygens (including phenoxy) is 1. The number of nitrogens with one attached hydrogen (secondary N) is 2. The van der Waals surface area contributed by atoms with Gasteiger partial charge < -0.3 is 19.9 Å². The Morgan fingerprint density at radius 2 is 1.81 bits per heavy atom. The van der Waals surface area contributed by atoms with E-state index >= 15 is 4.39 Å². The Hall–Kier alpha value is -3.74. The number of aromatic amines is 1. The first kappa shape index (κ1) is 30.7. The summed E-state index contributed by atoms with van der Waals surface area (Å²) in [7, 11) is 3.99. The lowest BCUT2D eigenvalue weighted by atomic mass is 9.99. The van der Waals surface area contributed by atoms with Gasteiger partial charge in [-0.25, -0.2) is 4.39 Å². The van der Waals surface area contributed by atoms with Crippen LogP contribution in [0, 0.1) is 5.82 Å². The van der Waals surface area contributed by atoms with Crippen LogP contribution in [0.3, 0.4) is 0 Å². The highest BCUT2D eigenvalue weighted by Crippen LogP contribution is 2.37. The molecule has 43 heavy (non-hydrogen) atoms. The van der Waals surface area contributed by atoms with E-state index in [0.29, 0.717) is 56.2 Å². The second-order valence-corrected chi connectivity index (χ2v) is 11.5. The zero-order valence-electron chi connectivity index (χ0n) is 24.5. The molecule has 3 heterocycles. The van der Waals surface area contributed by atoms with Crippen molar-refractivity contribution in [2.75, 3.05) is 50.6 Å². The number of hydrogen-bond donors (Lipinski definition) is 2. The Labute approximate surface area is 247 Å². The lowest BCUT2D eigenvalue weighted by Crippen LogP contribution is -2.55. The topological polar surface area (TPSA) is 80.9 Å². The fourth-order valence-corrected chi connectivity index (χ4v) is 5.56. The first-order valence-electron chi connectivity index (χ1n) is 14.1. The molecule has 0 saturated carbocycles. The highest BCUT2D eigenvalue weighted by Gasteiger charge is 2.36. The maximum absolute atomic E-state index is 15.9. The number of nitrogens with zero attached hydrogens (tertiary/aromatic N) is 3. The summed E-state index contributed by atoms with van der Waals surface area (Å²) >= 11 is 0. The number of aromatic nitrogens is 1. The summed E-state index contributed by atoms with van der Waals surface area (Å²) in [5, 5.41) is 2.61. The van der Waals surface area contributed by atoms with Gasteiger partial charge in [0.05, 0.1) is 41.8 Å². The van der Waals surface area contributed by atoms with Gasteiger partial charge in [0.2, 0.25) is 5.56 Å². The maximum Gasteiger partial charge on any atom is 0.417 e. The fraction of sp³-hybridized carbons (Fsp3) is 0.419. The summed E-state index contributed by atoms with van der Waals surface area (Å²) in [4.78, 5) is 33.4. The molecule has 12 heteroatoms. The van der Waals surface area contributed by atoms with Crippen molar-refractivity contribution in [2.24, 2.45) is 0 Å². The molecule has 2 aromatic carbocycles. The van der Waals surface area contributed by atoms with Crippen molar-refractivity contribution in [3.8, 4) is 11.1 Å². The van der Waals surface area contributed by atoms with E-state index in [2.05, 4.69) is 20.1 Å². The van der Waals surface area contributed by atoms with Gasteiger partial charge in [0.25, 0.3) is 5.91 Å². The van der Waals surface area contributed by atoms with Crippen LogP contribution in [-0.2, 0) is 17.5 Å². The van der Waals surface area contributed by atoms with Gasteiger partial charge in [0.1, 0.15) is 5.82 Å². The van der Waals surface area contributed by atoms with Crippen LogP contribution in [0.1, 0.15) is 35.3 Å². The van der Waals surface area contributed by atoms with Crippen LogP contribution in [0.15, 0.2) is 53.5 Å². The fourth-order valence-electron chi connectivity index (χ4n) is 5.56. The quantitative estimate of drug-likeness (QED) is 0.379. The van der Waals surface area contributed by atoms with Gasteiger partial charge in [-0.1, -0.05) is 18.2 Å². The van der Waals surface area contributed by atoms with Crippen LogP contribution < -0.4 is 15.8 Å². The Morgan fingerprint density at radius 3 is 2.44 bits per heavy atom. The van der Waals surface area contributed by atoms with Gasteiger partial charge in [-0.05, 0) is 57.3 Å². The zero-order valence-corrected chi connectivity index (χ0v) is 24.5.